The number of nitrogens with zero attached hydrogens (tertiary/aromatic N) is 2. The molecule has 1 amide bonds. The Hall–Kier alpha value is -2.47. The molecule has 0 unspecified atom stereocenters. The minimum atomic E-state index is 0.0273. The normalized spacial score (nSPS) is 19.4. The highest BCUT2D eigenvalue weighted by Gasteiger charge is 2.33. The van der Waals surface area contributed by atoms with Crippen molar-refractivity contribution in [3.8, 4) is 11.7 Å². The van der Waals surface area contributed by atoms with Crippen LogP contribution < -0.4 is 4.90 Å². The van der Waals surface area contributed by atoms with Crippen LogP contribution in [0.1, 0.15) is 25.3 Å². The third kappa shape index (κ3) is 2.94. The molecule has 1 aliphatic rings. The van der Waals surface area contributed by atoms with Crippen molar-refractivity contribution in [1.29, 1.82) is 0 Å². The summed E-state index contributed by atoms with van der Waals surface area (Å²) in [7, 11) is 0. The van der Waals surface area contributed by atoms with Gasteiger partial charge in [-0.15, -0.1) is 11.8 Å². The molecule has 4 rings (SSSR count). The smallest absolute Gasteiger partial charge is 0.263 e. The van der Waals surface area contributed by atoms with Crippen LogP contribution in [-0.4, -0.2) is 22.2 Å². The van der Waals surface area contributed by atoms with Gasteiger partial charge in [-0.3, -0.25) is 4.79 Å². The van der Waals surface area contributed by atoms with Gasteiger partial charge in [0.25, 0.3) is 5.89 Å². The molecule has 0 saturated heterocycles. The molecule has 0 aliphatic carbocycles. The number of hydrogen-bond acceptors (Lipinski definition) is 5. The topological polar surface area (TPSA) is 59.5 Å². The predicted molar refractivity (Wildman–Crippen MR) is 101 cm³/mol. The van der Waals surface area contributed by atoms with E-state index >= 15 is 0 Å². The zero-order valence-corrected chi connectivity index (χ0v) is 15.7. The molecule has 0 spiro atoms. The number of amides is 1. The van der Waals surface area contributed by atoms with E-state index in [0.717, 1.165) is 10.6 Å². The van der Waals surface area contributed by atoms with E-state index in [1.165, 1.54) is 0 Å². The fourth-order valence-electron chi connectivity index (χ4n) is 3.17. The van der Waals surface area contributed by atoms with Gasteiger partial charge in [0, 0.05) is 16.2 Å². The maximum Gasteiger partial charge on any atom is 0.263 e. The summed E-state index contributed by atoms with van der Waals surface area (Å²) < 4.78 is 11.0. The van der Waals surface area contributed by atoms with Crippen molar-refractivity contribution >= 4 is 23.4 Å². The van der Waals surface area contributed by atoms with E-state index in [2.05, 4.69) is 24.9 Å². The molecule has 2 atom stereocenters. The molecule has 0 radical (unpaired) electrons. The van der Waals surface area contributed by atoms with Crippen LogP contribution in [0.5, 0.6) is 0 Å². The molecule has 0 N–H and O–H groups in total. The number of fused-ring (bicyclic) bond motifs is 1. The molecule has 3 heterocycles. The van der Waals surface area contributed by atoms with Crippen molar-refractivity contribution in [3.63, 3.8) is 0 Å². The second-order valence-corrected chi connectivity index (χ2v) is 7.89. The first-order chi connectivity index (χ1) is 12.5. The fraction of sp³-hybridized carbons (Fsp3) is 0.300. The summed E-state index contributed by atoms with van der Waals surface area (Å²) in [6.07, 6.45) is 1.77. The minimum Gasteiger partial charge on any atom is -0.459 e. The second kappa shape index (κ2) is 6.68. The summed E-state index contributed by atoms with van der Waals surface area (Å²) in [6.45, 7) is 6.07. The predicted octanol–water partition coefficient (Wildman–Crippen LogP) is 4.70. The van der Waals surface area contributed by atoms with Crippen LogP contribution >= 0.6 is 11.8 Å². The Morgan fingerprint density at radius 3 is 2.81 bits per heavy atom. The number of furan rings is 1. The van der Waals surface area contributed by atoms with Crippen LogP contribution in [-0.2, 0) is 11.2 Å². The maximum absolute atomic E-state index is 13.1. The Labute approximate surface area is 156 Å². The van der Waals surface area contributed by atoms with Crippen LogP contribution in [0.2, 0.25) is 0 Å². The van der Waals surface area contributed by atoms with Gasteiger partial charge in [-0.2, -0.15) is 0 Å². The van der Waals surface area contributed by atoms with Crippen molar-refractivity contribution < 1.29 is 13.6 Å². The monoisotopic (exact) mass is 368 g/mol. The van der Waals surface area contributed by atoms with E-state index in [0.29, 0.717) is 28.4 Å². The summed E-state index contributed by atoms with van der Waals surface area (Å²) in [6, 6.07) is 11.7. The lowest BCUT2D eigenvalue weighted by atomic mass is 10.1. The van der Waals surface area contributed by atoms with E-state index < -0.39 is 0 Å². The Balaban J connectivity index is 1.62. The SMILES string of the molecule is Cc1oc(-c2ccco2)nc1CC(=O)N1c2ccccc2S[C@@H](C)[C@@H]1C. The number of thioether (sulfide) groups is 1. The Kier molecular flexibility index (Phi) is 4.36. The lowest BCUT2D eigenvalue weighted by Gasteiger charge is -2.38. The molecule has 0 bridgehead atoms. The van der Waals surface area contributed by atoms with Crippen LogP contribution in [0, 0.1) is 6.92 Å². The largest absolute Gasteiger partial charge is 0.459 e. The summed E-state index contributed by atoms with van der Waals surface area (Å²) in [5, 5.41) is 0.325. The van der Waals surface area contributed by atoms with E-state index in [-0.39, 0.29) is 18.4 Å². The average molecular weight is 368 g/mol. The first kappa shape index (κ1) is 17.0. The standard InChI is InChI=1S/C20H20N2O3S/c1-12-14(3)26-18-9-5-4-7-16(18)22(12)19(23)11-15-13(2)25-20(21-15)17-8-6-10-24-17/h4-10,12,14H,11H2,1-3H3/t12-,14-/m0/s1. The first-order valence-corrected chi connectivity index (χ1v) is 9.50. The number of aromatic nitrogens is 1. The minimum absolute atomic E-state index is 0.0273. The van der Waals surface area contributed by atoms with E-state index in [9.17, 15) is 4.79 Å². The van der Waals surface area contributed by atoms with Crippen LogP contribution in [0.4, 0.5) is 5.69 Å². The molecule has 134 valence electrons. The van der Waals surface area contributed by atoms with E-state index in [1.54, 1.807) is 18.4 Å². The lowest BCUT2D eigenvalue weighted by molar-refractivity contribution is -0.118. The van der Waals surface area contributed by atoms with E-state index in [4.69, 9.17) is 8.83 Å². The number of carbonyl (C=O) groups is 1. The van der Waals surface area contributed by atoms with Gasteiger partial charge in [-0.05, 0) is 38.1 Å². The van der Waals surface area contributed by atoms with Crippen LogP contribution in [0.15, 0.2) is 56.4 Å². The van der Waals surface area contributed by atoms with Gasteiger partial charge in [-0.1, -0.05) is 19.1 Å². The van der Waals surface area contributed by atoms with Gasteiger partial charge in [0.1, 0.15) is 5.76 Å². The number of benzene rings is 1. The molecular formula is C20H20N2O3S. The Bertz CT molecular complexity index is 932. The lowest BCUT2D eigenvalue weighted by Crippen LogP contribution is -2.46. The van der Waals surface area contributed by atoms with Gasteiger partial charge in [0.05, 0.1) is 24.1 Å². The van der Waals surface area contributed by atoms with Crippen LogP contribution in [0.3, 0.4) is 0 Å². The third-order valence-electron chi connectivity index (χ3n) is 4.74. The van der Waals surface area contributed by atoms with Gasteiger partial charge < -0.3 is 13.7 Å². The Morgan fingerprint density at radius 1 is 1.23 bits per heavy atom. The number of rotatable bonds is 3. The van der Waals surface area contributed by atoms with Gasteiger partial charge in [0.2, 0.25) is 5.91 Å². The number of carbonyl (C=O) groups excluding carboxylic acids is 1. The van der Waals surface area contributed by atoms with Crippen molar-refractivity contribution in [1.82, 2.24) is 4.98 Å². The fourth-order valence-corrected chi connectivity index (χ4v) is 4.33. The summed E-state index contributed by atoms with van der Waals surface area (Å²) in [5.41, 5.74) is 1.62. The molecule has 0 fully saturated rings. The summed E-state index contributed by atoms with van der Waals surface area (Å²) >= 11 is 1.81. The first-order valence-electron chi connectivity index (χ1n) is 8.62. The molecule has 1 aliphatic heterocycles. The van der Waals surface area contributed by atoms with Crippen LogP contribution in [0.25, 0.3) is 11.7 Å². The van der Waals surface area contributed by atoms with Crippen molar-refractivity contribution in [2.75, 3.05) is 4.90 Å². The number of anilines is 1. The highest BCUT2D eigenvalue weighted by molar-refractivity contribution is 8.00. The summed E-state index contributed by atoms with van der Waals surface area (Å²) in [5.74, 6) is 1.64. The van der Waals surface area contributed by atoms with Gasteiger partial charge in [0.15, 0.2) is 5.76 Å². The number of aryl methyl sites for hydroxylation is 1. The number of hydrogen-bond donors (Lipinski definition) is 0. The van der Waals surface area contributed by atoms with Gasteiger partial charge >= 0.3 is 0 Å². The summed E-state index contributed by atoms with van der Waals surface area (Å²) in [4.78, 5) is 20.7. The molecule has 1 aromatic carbocycles. The molecular weight excluding hydrogens is 348 g/mol. The molecule has 6 heteroatoms. The Morgan fingerprint density at radius 2 is 2.04 bits per heavy atom. The zero-order valence-electron chi connectivity index (χ0n) is 14.9. The highest BCUT2D eigenvalue weighted by Crippen LogP contribution is 2.41. The van der Waals surface area contributed by atoms with Crippen molar-refractivity contribution in [2.24, 2.45) is 0 Å². The molecule has 5 nitrogen and oxygen atoms in total. The molecule has 3 aromatic rings. The maximum atomic E-state index is 13.1. The van der Waals surface area contributed by atoms with Crippen molar-refractivity contribution in [3.05, 3.63) is 54.1 Å². The average Bonchev–Trinajstić information content (AvgIpc) is 3.26. The molecule has 2 aromatic heterocycles. The third-order valence-corrected chi connectivity index (χ3v) is 6.10. The van der Waals surface area contributed by atoms with Crippen molar-refractivity contribution in [2.45, 2.75) is 43.4 Å². The molecule has 26 heavy (non-hydrogen) atoms. The zero-order chi connectivity index (χ0) is 18.3. The number of para-hydroxylation sites is 1. The van der Waals surface area contributed by atoms with E-state index in [1.807, 2.05) is 41.8 Å². The van der Waals surface area contributed by atoms with Gasteiger partial charge in [-0.25, -0.2) is 4.98 Å². The second-order valence-electron chi connectivity index (χ2n) is 6.47. The highest BCUT2D eigenvalue weighted by atomic mass is 32.2. The quantitative estimate of drug-likeness (QED) is 0.670. The number of oxazole rings is 1. The molecule has 0 saturated carbocycles.